The highest BCUT2D eigenvalue weighted by molar-refractivity contribution is 7.14. The van der Waals surface area contributed by atoms with Crippen LogP contribution in [0.4, 0.5) is 5.13 Å². The molecule has 0 saturated carbocycles. The predicted octanol–water partition coefficient (Wildman–Crippen LogP) is 2.69. The summed E-state index contributed by atoms with van der Waals surface area (Å²) in [4.78, 5) is 14.5. The van der Waals surface area contributed by atoms with E-state index in [1.807, 2.05) is 30.5 Å². The Labute approximate surface area is 91.8 Å². The maximum atomic E-state index is 10.2. The van der Waals surface area contributed by atoms with Crippen molar-refractivity contribution in [1.29, 1.82) is 0 Å². The van der Waals surface area contributed by atoms with E-state index < -0.39 is 0 Å². The number of benzene rings is 1. The molecule has 0 aliphatic carbocycles. The topological polar surface area (TPSA) is 42.0 Å². The number of nitrogens with zero attached hydrogens (tertiary/aromatic N) is 1. The van der Waals surface area contributed by atoms with Gasteiger partial charge in [-0.25, -0.2) is 4.98 Å². The van der Waals surface area contributed by atoms with Crippen molar-refractivity contribution in [2.45, 2.75) is 6.92 Å². The minimum Gasteiger partial charge on any atom is -0.305 e. The third kappa shape index (κ3) is 2.22. The molecule has 0 atom stereocenters. The van der Waals surface area contributed by atoms with Gasteiger partial charge in [-0.15, -0.1) is 11.3 Å². The van der Waals surface area contributed by atoms with Crippen LogP contribution >= 0.6 is 11.3 Å². The summed E-state index contributed by atoms with van der Waals surface area (Å²) in [6.07, 6.45) is 0.638. The smallest absolute Gasteiger partial charge is 0.213 e. The molecule has 3 nitrogen and oxygen atoms in total. The lowest BCUT2D eigenvalue weighted by atomic mass is 10.1. The summed E-state index contributed by atoms with van der Waals surface area (Å²) in [6, 6.07) is 8.11. The molecule has 0 unspecified atom stereocenters. The van der Waals surface area contributed by atoms with Gasteiger partial charge in [0, 0.05) is 10.9 Å². The van der Waals surface area contributed by atoms with E-state index in [1.165, 1.54) is 16.9 Å². The van der Waals surface area contributed by atoms with Crippen LogP contribution in [0.1, 0.15) is 5.56 Å². The van der Waals surface area contributed by atoms with Crippen molar-refractivity contribution in [2.75, 3.05) is 5.32 Å². The molecule has 2 aromatic rings. The zero-order chi connectivity index (χ0) is 10.7. The molecular formula is C11H10N2OS. The third-order valence-electron chi connectivity index (χ3n) is 2.00. The van der Waals surface area contributed by atoms with Gasteiger partial charge in [-0.2, -0.15) is 0 Å². The number of anilines is 1. The minimum absolute atomic E-state index is 0.626. The van der Waals surface area contributed by atoms with Gasteiger partial charge in [0.1, 0.15) is 0 Å². The number of carbonyl (C=O) groups is 1. The van der Waals surface area contributed by atoms with E-state index >= 15 is 0 Å². The van der Waals surface area contributed by atoms with Crippen LogP contribution < -0.4 is 5.32 Å². The van der Waals surface area contributed by atoms with E-state index in [2.05, 4.69) is 16.4 Å². The Hall–Kier alpha value is -1.68. The van der Waals surface area contributed by atoms with Crippen LogP contribution in [-0.4, -0.2) is 11.4 Å². The fraction of sp³-hybridized carbons (Fsp3) is 0.0909. The molecule has 1 aromatic heterocycles. The van der Waals surface area contributed by atoms with Crippen molar-refractivity contribution in [3.05, 3.63) is 35.2 Å². The number of hydrogen-bond acceptors (Lipinski definition) is 3. The van der Waals surface area contributed by atoms with Crippen molar-refractivity contribution < 1.29 is 4.79 Å². The standard InChI is InChI=1S/C11H10N2OS/c1-8-3-2-4-9(5-8)10-6-15-11(13-10)12-7-14/h2-7H,1H3,(H,12,13,14). The van der Waals surface area contributed by atoms with Crippen LogP contribution in [0, 0.1) is 6.92 Å². The number of amides is 1. The summed E-state index contributed by atoms with van der Waals surface area (Å²) in [6.45, 7) is 2.04. The maximum Gasteiger partial charge on any atom is 0.213 e. The van der Waals surface area contributed by atoms with Crippen LogP contribution in [0.15, 0.2) is 29.6 Å². The Balaban J connectivity index is 2.32. The Morgan fingerprint density at radius 1 is 1.47 bits per heavy atom. The summed E-state index contributed by atoms with van der Waals surface area (Å²) in [7, 11) is 0. The molecule has 0 spiro atoms. The second-order valence-corrected chi connectivity index (χ2v) is 4.03. The van der Waals surface area contributed by atoms with Gasteiger partial charge in [-0.1, -0.05) is 23.8 Å². The molecule has 76 valence electrons. The molecular weight excluding hydrogens is 208 g/mol. The first-order valence-corrected chi connectivity index (χ1v) is 5.40. The molecule has 4 heteroatoms. The Morgan fingerprint density at radius 2 is 2.33 bits per heavy atom. The molecule has 0 radical (unpaired) electrons. The van der Waals surface area contributed by atoms with Gasteiger partial charge in [-0.3, -0.25) is 4.79 Å². The van der Waals surface area contributed by atoms with Gasteiger partial charge >= 0.3 is 0 Å². The number of aromatic nitrogens is 1. The summed E-state index contributed by atoms with van der Waals surface area (Å²) < 4.78 is 0. The summed E-state index contributed by atoms with van der Waals surface area (Å²) >= 11 is 1.42. The first kappa shape index (κ1) is 9.86. The zero-order valence-corrected chi connectivity index (χ0v) is 9.04. The van der Waals surface area contributed by atoms with Gasteiger partial charge in [0.25, 0.3) is 0 Å². The van der Waals surface area contributed by atoms with Crippen molar-refractivity contribution in [3.63, 3.8) is 0 Å². The van der Waals surface area contributed by atoms with Crippen molar-refractivity contribution in [2.24, 2.45) is 0 Å². The summed E-state index contributed by atoms with van der Waals surface area (Å²) in [5.41, 5.74) is 3.17. The van der Waals surface area contributed by atoms with Crippen LogP contribution in [-0.2, 0) is 4.79 Å². The number of rotatable bonds is 3. The lowest BCUT2D eigenvalue weighted by Crippen LogP contribution is -1.92. The van der Waals surface area contributed by atoms with E-state index in [-0.39, 0.29) is 0 Å². The van der Waals surface area contributed by atoms with Gasteiger partial charge in [0.15, 0.2) is 5.13 Å². The lowest BCUT2D eigenvalue weighted by Gasteiger charge is -1.97. The monoisotopic (exact) mass is 218 g/mol. The van der Waals surface area contributed by atoms with E-state index in [9.17, 15) is 4.79 Å². The van der Waals surface area contributed by atoms with Gasteiger partial charge in [0.2, 0.25) is 6.41 Å². The molecule has 15 heavy (non-hydrogen) atoms. The zero-order valence-electron chi connectivity index (χ0n) is 8.23. The molecule has 0 aliphatic rings. The number of aryl methyl sites for hydroxylation is 1. The largest absolute Gasteiger partial charge is 0.305 e. The Bertz CT molecular complexity index is 479. The highest BCUT2D eigenvalue weighted by atomic mass is 32.1. The third-order valence-corrected chi connectivity index (χ3v) is 2.77. The normalized spacial score (nSPS) is 9.93. The van der Waals surface area contributed by atoms with E-state index in [0.29, 0.717) is 11.5 Å². The van der Waals surface area contributed by atoms with E-state index in [4.69, 9.17) is 0 Å². The molecule has 1 amide bonds. The average Bonchev–Trinajstić information content (AvgIpc) is 2.67. The van der Waals surface area contributed by atoms with Crippen LogP contribution in [0.2, 0.25) is 0 Å². The van der Waals surface area contributed by atoms with Crippen molar-refractivity contribution in [1.82, 2.24) is 4.98 Å². The average molecular weight is 218 g/mol. The summed E-state index contributed by atoms with van der Waals surface area (Å²) in [5, 5.41) is 5.10. The van der Waals surface area contributed by atoms with E-state index in [0.717, 1.165) is 11.3 Å². The fourth-order valence-corrected chi connectivity index (χ4v) is 2.01. The van der Waals surface area contributed by atoms with Crippen molar-refractivity contribution in [3.8, 4) is 11.3 Å². The van der Waals surface area contributed by atoms with Crippen LogP contribution in [0.5, 0.6) is 0 Å². The first-order valence-electron chi connectivity index (χ1n) is 4.52. The van der Waals surface area contributed by atoms with Crippen LogP contribution in [0.3, 0.4) is 0 Å². The van der Waals surface area contributed by atoms with Gasteiger partial charge < -0.3 is 5.32 Å². The van der Waals surface area contributed by atoms with E-state index in [1.54, 1.807) is 0 Å². The summed E-state index contributed by atoms with van der Waals surface area (Å²) in [5.74, 6) is 0. The minimum atomic E-state index is 0.626. The maximum absolute atomic E-state index is 10.2. The molecule has 0 bridgehead atoms. The number of nitrogens with one attached hydrogen (secondary N) is 1. The first-order chi connectivity index (χ1) is 7.29. The molecule has 0 saturated heterocycles. The van der Waals surface area contributed by atoms with Gasteiger partial charge in [-0.05, 0) is 13.0 Å². The van der Waals surface area contributed by atoms with Crippen molar-refractivity contribution >= 4 is 22.9 Å². The predicted molar refractivity (Wildman–Crippen MR) is 62.0 cm³/mol. The van der Waals surface area contributed by atoms with Gasteiger partial charge in [0.05, 0.1) is 5.69 Å². The SMILES string of the molecule is Cc1cccc(-c2csc(NC=O)n2)c1. The number of hydrogen-bond donors (Lipinski definition) is 1. The highest BCUT2D eigenvalue weighted by Crippen LogP contribution is 2.24. The fourth-order valence-electron chi connectivity index (χ4n) is 1.33. The Kier molecular flexibility index (Phi) is 2.78. The second kappa shape index (κ2) is 4.23. The van der Waals surface area contributed by atoms with Crippen LogP contribution in [0.25, 0.3) is 11.3 Å². The quantitative estimate of drug-likeness (QED) is 0.805. The second-order valence-electron chi connectivity index (χ2n) is 3.17. The molecule has 0 aliphatic heterocycles. The Morgan fingerprint density at radius 3 is 3.07 bits per heavy atom. The molecule has 1 aromatic carbocycles. The number of thiazole rings is 1. The molecule has 1 heterocycles. The lowest BCUT2D eigenvalue weighted by molar-refractivity contribution is -0.105. The molecule has 2 rings (SSSR count). The molecule has 0 fully saturated rings. The number of carbonyl (C=O) groups excluding carboxylic acids is 1. The highest BCUT2D eigenvalue weighted by Gasteiger charge is 2.03. The molecule has 1 N–H and O–H groups in total.